The van der Waals surface area contributed by atoms with Gasteiger partial charge in [-0.15, -0.1) is 0 Å². The molecule has 102 valence electrons. The highest BCUT2D eigenvalue weighted by atomic mass is 35.5. The van der Waals surface area contributed by atoms with Gasteiger partial charge in [-0.1, -0.05) is 17.7 Å². The first kappa shape index (κ1) is 15.1. The second-order valence-electron chi connectivity index (χ2n) is 4.29. The molecule has 0 amide bonds. The third-order valence-corrected chi connectivity index (χ3v) is 2.94. The van der Waals surface area contributed by atoms with Crippen LogP contribution in [-0.2, 0) is 0 Å². The summed E-state index contributed by atoms with van der Waals surface area (Å²) in [5.74, 6) is 0. The number of nitrogens with two attached hydrogens (primary N) is 1. The molecule has 1 aromatic carbocycles. The van der Waals surface area contributed by atoms with Crippen LogP contribution in [0.2, 0.25) is 5.02 Å². The molecule has 0 aliphatic rings. The molecule has 2 nitrogen and oxygen atoms in total. The molecule has 0 spiro atoms. The molecule has 1 atom stereocenters. The first-order chi connectivity index (χ1) is 8.20. The fraction of sp³-hybridized carbons (Fsp3) is 0.500. The quantitative estimate of drug-likeness (QED) is 0.910. The van der Waals surface area contributed by atoms with Gasteiger partial charge in [0.05, 0.1) is 17.1 Å². The summed E-state index contributed by atoms with van der Waals surface area (Å²) in [5.41, 5.74) is 7.13. The topological polar surface area (TPSA) is 29.3 Å². The predicted octanol–water partition coefficient (Wildman–Crippen LogP) is 3.75. The van der Waals surface area contributed by atoms with Crippen LogP contribution in [0.1, 0.15) is 24.9 Å². The van der Waals surface area contributed by atoms with E-state index in [1.165, 1.54) is 4.90 Å². The zero-order chi connectivity index (χ0) is 13.9. The van der Waals surface area contributed by atoms with E-state index in [1.807, 2.05) is 6.92 Å². The van der Waals surface area contributed by atoms with E-state index in [2.05, 4.69) is 0 Å². The lowest BCUT2D eigenvalue weighted by molar-refractivity contribution is -0.132. The smallest absolute Gasteiger partial charge is 0.373 e. The van der Waals surface area contributed by atoms with Gasteiger partial charge in [-0.25, -0.2) is 0 Å². The highest BCUT2D eigenvalue weighted by molar-refractivity contribution is 6.33. The van der Waals surface area contributed by atoms with Crippen LogP contribution in [0.4, 0.5) is 18.9 Å². The van der Waals surface area contributed by atoms with E-state index in [1.54, 1.807) is 25.2 Å². The zero-order valence-electron chi connectivity index (χ0n) is 10.3. The highest BCUT2D eigenvalue weighted by Crippen LogP contribution is 2.29. The molecule has 1 aromatic rings. The largest absolute Gasteiger partial charge is 0.390 e. The minimum Gasteiger partial charge on any atom is -0.373 e. The molecule has 0 aliphatic carbocycles. The minimum absolute atomic E-state index is 0.124. The normalized spacial score (nSPS) is 13.5. The van der Waals surface area contributed by atoms with Gasteiger partial charge in [0, 0.05) is 19.6 Å². The maximum absolute atomic E-state index is 12.1. The summed E-state index contributed by atoms with van der Waals surface area (Å²) in [4.78, 5) is 1.49. The van der Waals surface area contributed by atoms with E-state index in [9.17, 15) is 13.2 Å². The fourth-order valence-corrected chi connectivity index (χ4v) is 1.86. The number of nitrogens with zero attached hydrogens (tertiary/aromatic N) is 1. The van der Waals surface area contributed by atoms with Crippen molar-refractivity contribution in [2.75, 3.05) is 18.5 Å². The van der Waals surface area contributed by atoms with Crippen molar-refractivity contribution in [2.24, 2.45) is 5.73 Å². The van der Waals surface area contributed by atoms with Crippen LogP contribution in [-0.4, -0.2) is 19.8 Å². The molecule has 0 radical (unpaired) electrons. The second kappa shape index (κ2) is 5.80. The van der Waals surface area contributed by atoms with Crippen molar-refractivity contribution < 1.29 is 13.2 Å². The SMILES string of the molecule is C[C@@H](N)c1ccc(N(C)CCC(F)(F)F)c(Cl)c1. The lowest BCUT2D eigenvalue weighted by Crippen LogP contribution is -2.24. The van der Waals surface area contributed by atoms with E-state index in [0.29, 0.717) is 10.7 Å². The van der Waals surface area contributed by atoms with E-state index in [4.69, 9.17) is 17.3 Å². The van der Waals surface area contributed by atoms with Gasteiger partial charge in [0.2, 0.25) is 0 Å². The van der Waals surface area contributed by atoms with E-state index in [-0.39, 0.29) is 12.6 Å². The zero-order valence-corrected chi connectivity index (χ0v) is 11.0. The standard InChI is InChI=1S/C12H16ClF3N2/c1-8(17)9-3-4-11(10(13)7-9)18(2)6-5-12(14,15)16/h3-4,7-8H,5-6,17H2,1-2H3/t8-/m1/s1. The van der Waals surface area contributed by atoms with Crippen molar-refractivity contribution >= 4 is 17.3 Å². The Bertz CT molecular complexity index is 405. The Morgan fingerprint density at radius 2 is 2.00 bits per heavy atom. The number of hydrogen-bond donors (Lipinski definition) is 1. The average molecular weight is 281 g/mol. The van der Waals surface area contributed by atoms with Gasteiger partial charge in [-0.05, 0) is 24.6 Å². The molecular formula is C12H16ClF3N2. The minimum atomic E-state index is -4.16. The molecule has 0 saturated carbocycles. The fourth-order valence-electron chi connectivity index (χ4n) is 1.53. The summed E-state index contributed by atoms with van der Waals surface area (Å²) in [6.07, 6.45) is -5.03. The Morgan fingerprint density at radius 3 is 2.44 bits per heavy atom. The number of anilines is 1. The van der Waals surface area contributed by atoms with Crippen molar-refractivity contribution in [3.8, 4) is 0 Å². The van der Waals surface area contributed by atoms with Crippen LogP contribution in [0.3, 0.4) is 0 Å². The Kier molecular flexibility index (Phi) is 4.87. The van der Waals surface area contributed by atoms with Crippen molar-refractivity contribution in [3.63, 3.8) is 0 Å². The van der Waals surface area contributed by atoms with Gasteiger partial charge in [0.15, 0.2) is 0 Å². The molecule has 0 aromatic heterocycles. The summed E-state index contributed by atoms with van der Waals surface area (Å²) in [5, 5.41) is 0.412. The molecular weight excluding hydrogens is 265 g/mol. The third kappa shape index (κ3) is 4.38. The monoisotopic (exact) mass is 280 g/mol. The Labute approximate surface area is 110 Å². The number of halogens is 4. The van der Waals surface area contributed by atoms with Gasteiger partial charge in [-0.3, -0.25) is 0 Å². The molecule has 0 fully saturated rings. The third-order valence-electron chi connectivity index (χ3n) is 2.64. The maximum Gasteiger partial charge on any atom is 0.390 e. The van der Waals surface area contributed by atoms with Crippen molar-refractivity contribution in [1.82, 2.24) is 0 Å². The first-order valence-corrected chi connectivity index (χ1v) is 5.91. The second-order valence-corrected chi connectivity index (χ2v) is 4.69. The van der Waals surface area contributed by atoms with Gasteiger partial charge in [0.25, 0.3) is 0 Å². The van der Waals surface area contributed by atoms with Crippen molar-refractivity contribution in [2.45, 2.75) is 25.6 Å². The van der Waals surface area contributed by atoms with Gasteiger partial charge in [0.1, 0.15) is 0 Å². The van der Waals surface area contributed by atoms with Crippen molar-refractivity contribution in [3.05, 3.63) is 28.8 Å². The lowest BCUT2D eigenvalue weighted by Gasteiger charge is -2.22. The van der Waals surface area contributed by atoms with Crippen molar-refractivity contribution in [1.29, 1.82) is 0 Å². The summed E-state index contributed by atoms with van der Waals surface area (Å²) < 4.78 is 36.4. The number of benzene rings is 1. The summed E-state index contributed by atoms with van der Waals surface area (Å²) >= 11 is 6.04. The summed E-state index contributed by atoms with van der Waals surface area (Å²) in [6, 6.07) is 5.00. The van der Waals surface area contributed by atoms with E-state index >= 15 is 0 Å². The molecule has 0 unspecified atom stereocenters. The molecule has 0 bridgehead atoms. The van der Waals surface area contributed by atoms with Gasteiger partial charge in [-0.2, -0.15) is 13.2 Å². The van der Waals surface area contributed by atoms with E-state index < -0.39 is 12.6 Å². The number of hydrogen-bond acceptors (Lipinski definition) is 2. The van der Waals surface area contributed by atoms with Crippen LogP contribution >= 0.6 is 11.6 Å². The highest BCUT2D eigenvalue weighted by Gasteiger charge is 2.27. The summed E-state index contributed by atoms with van der Waals surface area (Å²) in [6.45, 7) is 1.69. The maximum atomic E-state index is 12.1. The lowest BCUT2D eigenvalue weighted by atomic mass is 10.1. The van der Waals surface area contributed by atoms with Gasteiger partial charge < -0.3 is 10.6 Å². The molecule has 0 saturated heterocycles. The first-order valence-electron chi connectivity index (χ1n) is 5.53. The Hall–Kier alpha value is -0.940. The molecule has 0 aliphatic heterocycles. The average Bonchev–Trinajstić information content (AvgIpc) is 2.24. The number of rotatable bonds is 4. The Morgan fingerprint density at radius 1 is 1.39 bits per heavy atom. The van der Waals surface area contributed by atoms with Crippen LogP contribution in [0, 0.1) is 0 Å². The van der Waals surface area contributed by atoms with Crippen LogP contribution in [0.15, 0.2) is 18.2 Å². The molecule has 6 heteroatoms. The molecule has 18 heavy (non-hydrogen) atoms. The molecule has 0 heterocycles. The summed E-state index contributed by atoms with van der Waals surface area (Å²) in [7, 11) is 1.58. The molecule has 2 N–H and O–H groups in total. The van der Waals surface area contributed by atoms with Crippen LogP contribution in [0.25, 0.3) is 0 Å². The number of alkyl halides is 3. The Balaban J connectivity index is 2.77. The van der Waals surface area contributed by atoms with Gasteiger partial charge >= 0.3 is 6.18 Å². The predicted molar refractivity (Wildman–Crippen MR) is 68.0 cm³/mol. The van der Waals surface area contributed by atoms with Crippen LogP contribution < -0.4 is 10.6 Å². The van der Waals surface area contributed by atoms with E-state index in [0.717, 1.165) is 5.56 Å². The molecule has 1 rings (SSSR count). The van der Waals surface area contributed by atoms with Crippen LogP contribution in [0.5, 0.6) is 0 Å².